The smallest absolute Gasteiger partial charge is 0.191 e. The summed E-state index contributed by atoms with van der Waals surface area (Å²) >= 11 is 0. The number of guanidine groups is 1. The van der Waals surface area contributed by atoms with E-state index in [0.29, 0.717) is 18.0 Å². The van der Waals surface area contributed by atoms with Gasteiger partial charge in [0.05, 0.1) is 13.2 Å². The predicted molar refractivity (Wildman–Crippen MR) is 130 cm³/mol. The molecule has 1 aromatic rings. The molecule has 0 saturated carbocycles. The molecule has 0 aromatic heterocycles. The molecule has 2 aliphatic rings. The molecular weight excluding hydrogens is 388 g/mol. The lowest BCUT2D eigenvalue weighted by Gasteiger charge is -2.39. The standard InChI is InChI=1S/C24H42N6O/c1-20(2)23(30-14-16-31-17-15-30)19-27-24(25-4)26-18-21(3)28-10-12-29(13-11-28)22-8-6-5-7-9-22/h5-9,20-21,23H,10-19H2,1-4H3,(H2,25,26,27). The fraction of sp³-hybridized carbons (Fsp3) is 0.708. The summed E-state index contributed by atoms with van der Waals surface area (Å²) < 4.78 is 5.52. The van der Waals surface area contributed by atoms with Crippen LogP contribution in [0.4, 0.5) is 5.69 Å². The molecule has 7 heteroatoms. The molecule has 174 valence electrons. The predicted octanol–water partition coefficient (Wildman–Crippen LogP) is 1.72. The molecule has 31 heavy (non-hydrogen) atoms. The fourth-order valence-corrected chi connectivity index (χ4v) is 4.55. The monoisotopic (exact) mass is 430 g/mol. The van der Waals surface area contributed by atoms with Crippen molar-refractivity contribution >= 4 is 11.6 Å². The molecule has 0 radical (unpaired) electrons. The Morgan fingerprint density at radius 2 is 1.55 bits per heavy atom. The first kappa shape index (κ1) is 23.8. The van der Waals surface area contributed by atoms with Crippen LogP contribution in [-0.4, -0.2) is 100 Å². The van der Waals surface area contributed by atoms with Crippen LogP contribution in [0.15, 0.2) is 35.3 Å². The average Bonchev–Trinajstić information content (AvgIpc) is 2.82. The van der Waals surface area contributed by atoms with Crippen LogP contribution in [0.25, 0.3) is 0 Å². The molecule has 2 unspecified atom stereocenters. The Morgan fingerprint density at radius 3 is 2.16 bits per heavy atom. The highest BCUT2D eigenvalue weighted by molar-refractivity contribution is 5.79. The molecule has 2 fully saturated rings. The number of aliphatic imine (C=N–C) groups is 1. The number of rotatable bonds is 8. The van der Waals surface area contributed by atoms with Crippen LogP contribution in [0.1, 0.15) is 20.8 Å². The van der Waals surface area contributed by atoms with Crippen molar-refractivity contribution in [2.45, 2.75) is 32.9 Å². The van der Waals surface area contributed by atoms with Gasteiger partial charge in [0.2, 0.25) is 0 Å². The molecule has 3 rings (SSSR count). The Morgan fingerprint density at radius 1 is 0.903 bits per heavy atom. The Bertz CT molecular complexity index is 653. The highest BCUT2D eigenvalue weighted by Crippen LogP contribution is 2.16. The molecule has 1 aromatic carbocycles. The van der Waals surface area contributed by atoms with Crippen molar-refractivity contribution in [1.29, 1.82) is 0 Å². The molecule has 0 bridgehead atoms. The molecule has 2 N–H and O–H groups in total. The molecule has 7 nitrogen and oxygen atoms in total. The van der Waals surface area contributed by atoms with E-state index in [1.165, 1.54) is 5.69 Å². The summed E-state index contributed by atoms with van der Waals surface area (Å²) in [6.07, 6.45) is 0. The van der Waals surface area contributed by atoms with Gasteiger partial charge in [0.15, 0.2) is 5.96 Å². The third kappa shape index (κ3) is 7.09. The van der Waals surface area contributed by atoms with E-state index in [1.54, 1.807) is 0 Å². The topological polar surface area (TPSA) is 55.4 Å². The average molecular weight is 431 g/mol. The molecule has 2 heterocycles. The number of ether oxygens (including phenoxy) is 1. The number of hydrogen-bond acceptors (Lipinski definition) is 5. The summed E-state index contributed by atoms with van der Waals surface area (Å²) in [5.74, 6) is 1.48. The summed E-state index contributed by atoms with van der Waals surface area (Å²) in [7, 11) is 1.86. The van der Waals surface area contributed by atoms with Crippen molar-refractivity contribution in [1.82, 2.24) is 20.4 Å². The normalized spacial score (nSPS) is 21.2. The molecule has 0 aliphatic carbocycles. The minimum Gasteiger partial charge on any atom is -0.379 e. The number of anilines is 1. The first-order valence-electron chi connectivity index (χ1n) is 11.9. The van der Waals surface area contributed by atoms with E-state index in [-0.39, 0.29) is 0 Å². The van der Waals surface area contributed by atoms with Crippen LogP contribution in [0.5, 0.6) is 0 Å². The number of piperazine rings is 1. The maximum absolute atomic E-state index is 5.52. The molecule has 2 saturated heterocycles. The number of nitrogens with zero attached hydrogens (tertiary/aromatic N) is 4. The first-order chi connectivity index (χ1) is 15.1. The van der Waals surface area contributed by atoms with Crippen molar-refractivity contribution in [3.05, 3.63) is 30.3 Å². The zero-order valence-corrected chi connectivity index (χ0v) is 19.9. The van der Waals surface area contributed by atoms with Gasteiger partial charge in [-0.15, -0.1) is 0 Å². The molecule has 0 amide bonds. The Labute approximate surface area is 188 Å². The zero-order valence-electron chi connectivity index (χ0n) is 19.9. The summed E-state index contributed by atoms with van der Waals surface area (Å²) in [5.41, 5.74) is 1.33. The van der Waals surface area contributed by atoms with Gasteiger partial charge in [0.25, 0.3) is 0 Å². The van der Waals surface area contributed by atoms with Crippen LogP contribution < -0.4 is 15.5 Å². The number of hydrogen-bond donors (Lipinski definition) is 2. The highest BCUT2D eigenvalue weighted by Gasteiger charge is 2.24. The van der Waals surface area contributed by atoms with Crippen LogP contribution in [-0.2, 0) is 4.74 Å². The quantitative estimate of drug-likeness (QED) is 0.484. The first-order valence-corrected chi connectivity index (χ1v) is 11.9. The lowest BCUT2D eigenvalue weighted by atomic mass is 10.0. The summed E-state index contributed by atoms with van der Waals surface area (Å²) in [6.45, 7) is 16.8. The maximum Gasteiger partial charge on any atom is 0.191 e. The van der Waals surface area contributed by atoms with Gasteiger partial charge in [0.1, 0.15) is 0 Å². The van der Waals surface area contributed by atoms with Gasteiger partial charge in [-0.25, -0.2) is 0 Å². The van der Waals surface area contributed by atoms with E-state index < -0.39 is 0 Å². The minimum absolute atomic E-state index is 0.469. The second kappa shape index (κ2) is 12.3. The van der Waals surface area contributed by atoms with Crippen molar-refractivity contribution < 1.29 is 4.74 Å². The largest absolute Gasteiger partial charge is 0.379 e. The van der Waals surface area contributed by atoms with Gasteiger partial charge < -0.3 is 20.3 Å². The minimum atomic E-state index is 0.469. The van der Waals surface area contributed by atoms with Crippen molar-refractivity contribution in [2.24, 2.45) is 10.9 Å². The van der Waals surface area contributed by atoms with Crippen LogP contribution in [0, 0.1) is 5.92 Å². The van der Waals surface area contributed by atoms with E-state index in [0.717, 1.165) is 71.5 Å². The van der Waals surface area contributed by atoms with Crippen molar-refractivity contribution in [2.75, 3.05) is 77.5 Å². The fourth-order valence-electron chi connectivity index (χ4n) is 4.55. The van der Waals surface area contributed by atoms with Crippen molar-refractivity contribution in [3.8, 4) is 0 Å². The molecule has 2 atom stereocenters. The van der Waals surface area contributed by atoms with Gasteiger partial charge in [-0.1, -0.05) is 32.0 Å². The van der Waals surface area contributed by atoms with E-state index in [2.05, 4.69) is 81.4 Å². The molecule has 2 aliphatic heterocycles. The number of benzene rings is 1. The summed E-state index contributed by atoms with van der Waals surface area (Å²) in [4.78, 5) is 12.1. The number of para-hydroxylation sites is 1. The third-order valence-electron chi connectivity index (χ3n) is 6.61. The SMILES string of the molecule is CN=C(NCC(C)N1CCN(c2ccccc2)CC1)NCC(C(C)C)N1CCOCC1. The van der Waals surface area contributed by atoms with E-state index >= 15 is 0 Å². The van der Waals surface area contributed by atoms with Gasteiger partial charge in [-0.2, -0.15) is 0 Å². The number of morpholine rings is 1. The van der Waals surface area contributed by atoms with Gasteiger partial charge in [0, 0.05) is 77.2 Å². The molecule has 0 spiro atoms. The Balaban J connectivity index is 1.40. The highest BCUT2D eigenvalue weighted by atomic mass is 16.5. The van der Waals surface area contributed by atoms with Gasteiger partial charge in [-0.3, -0.25) is 14.8 Å². The van der Waals surface area contributed by atoms with Crippen LogP contribution >= 0.6 is 0 Å². The van der Waals surface area contributed by atoms with Gasteiger partial charge >= 0.3 is 0 Å². The lowest BCUT2D eigenvalue weighted by molar-refractivity contribution is 0.00751. The van der Waals surface area contributed by atoms with Crippen LogP contribution in [0.3, 0.4) is 0 Å². The second-order valence-electron chi connectivity index (χ2n) is 9.00. The van der Waals surface area contributed by atoms with Crippen molar-refractivity contribution in [3.63, 3.8) is 0 Å². The zero-order chi connectivity index (χ0) is 22.1. The Hall–Kier alpha value is -1.83. The summed E-state index contributed by atoms with van der Waals surface area (Å²) in [5, 5.41) is 7.11. The van der Waals surface area contributed by atoms with E-state index in [1.807, 2.05) is 7.05 Å². The Kier molecular flexibility index (Phi) is 9.43. The second-order valence-corrected chi connectivity index (χ2v) is 9.00. The lowest BCUT2D eigenvalue weighted by Crippen LogP contribution is -2.55. The molecular formula is C24H42N6O. The van der Waals surface area contributed by atoms with Crippen LogP contribution in [0.2, 0.25) is 0 Å². The van der Waals surface area contributed by atoms with E-state index in [4.69, 9.17) is 4.74 Å². The maximum atomic E-state index is 5.52. The summed E-state index contributed by atoms with van der Waals surface area (Å²) in [6, 6.07) is 11.7. The van der Waals surface area contributed by atoms with Gasteiger partial charge in [-0.05, 0) is 25.0 Å². The van der Waals surface area contributed by atoms with E-state index in [9.17, 15) is 0 Å². The number of nitrogens with one attached hydrogen (secondary N) is 2. The third-order valence-corrected chi connectivity index (χ3v) is 6.61.